The van der Waals surface area contributed by atoms with Crippen molar-refractivity contribution in [3.05, 3.63) is 71.8 Å². The predicted octanol–water partition coefficient (Wildman–Crippen LogP) is 4.49. The molecule has 1 N–H and O–H groups in total. The molecule has 28 heavy (non-hydrogen) atoms. The summed E-state index contributed by atoms with van der Waals surface area (Å²) in [5.41, 5.74) is 2.29. The molecule has 3 atom stereocenters. The summed E-state index contributed by atoms with van der Waals surface area (Å²) >= 11 is 16.8. The van der Waals surface area contributed by atoms with Gasteiger partial charge >= 0.3 is 5.97 Å². The Bertz CT molecular complexity index is 726. The number of hydrogen-bond donors (Lipinski definition) is 1. The minimum Gasteiger partial charge on any atom is -0.456 e. The van der Waals surface area contributed by atoms with Crippen molar-refractivity contribution in [2.24, 2.45) is 0 Å². The highest BCUT2D eigenvalue weighted by Gasteiger charge is 2.43. The van der Waals surface area contributed by atoms with Gasteiger partial charge in [-0.1, -0.05) is 95.5 Å². The maximum Gasteiger partial charge on any atom is 0.358 e. The average molecular weight is 443 g/mol. The monoisotopic (exact) mass is 441 g/mol. The number of ether oxygens (including phenoxy) is 1. The molecule has 4 nitrogen and oxygen atoms in total. The second kappa shape index (κ2) is 9.47. The lowest BCUT2D eigenvalue weighted by Crippen LogP contribution is -2.44. The Kier molecular flexibility index (Phi) is 7.24. The average Bonchev–Trinajstić information content (AvgIpc) is 3.02. The summed E-state index contributed by atoms with van der Waals surface area (Å²) in [6.45, 7) is 1.34. The lowest BCUT2D eigenvalue weighted by atomic mass is 10.1. The summed E-state index contributed by atoms with van der Waals surface area (Å²) in [5.74, 6) is -0.958. The van der Waals surface area contributed by atoms with Gasteiger partial charge in [0.15, 0.2) is 0 Å². The quantitative estimate of drug-likeness (QED) is 0.529. The van der Waals surface area contributed by atoms with Crippen LogP contribution >= 0.6 is 34.8 Å². The molecule has 0 spiro atoms. The third-order valence-electron chi connectivity index (χ3n) is 4.94. The maximum absolute atomic E-state index is 11.9. The van der Waals surface area contributed by atoms with Gasteiger partial charge in [0, 0.05) is 19.1 Å². The van der Waals surface area contributed by atoms with E-state index in [4.69, 9.17) is 39.5 Å². The number of nitrogens with zero attached hydrogens (tertiary/aromatic N) is 1. The fraction of sp³-hybridized carbons (Fsp3) is 0.381. The second-order valence-electron chi connectivity index (χ2n) is 6.95. The van der Waals surface area contributed by atoms with Crippen molar-refractivity contribution >= 4 is 40.8 Å². The van der Waals surface area contributed by atoms with Crippen molar-refractivity contribution in [1.82, 2.24) is 4.90 Å². The summed E-state index contributed by atoms with van der Waals surface area (Å²) in [6.07, 6.45) is -0.359. The van der Waals surface area contributed by atoms with Gasteiger partial charge in [-0.25, -0.2) is 4.79 Å². The van der Waals surface area contributed by atoms with Crippen molar-refractivity contribution < 1.29 is 14.6 Å². The topological polar surface area (TPSA) is 49.8 Å². The van der Waals surface area contributed by atoms with Gasteiger partial charge in [-0.15, -0.1) is 0 Å². The summed E-state index contributed by atoms with van der Waals surface area (Å²) in [5, 5.41) is 10.8. The molecular weight excluding hydrogens is 421 g/mol. The van der Waals surface area contributed by atoms with Crippen molar-refractivity contribution in [3.63, 3.8) is 0 Å². The van der Waals surface area contributed by atoms with Gasteiger partial charge in [-0.05, 0) is 24.0 Å². The summed E-state index contributed by atoms with van der Waals surface area (Å²) in [4.78, 5) is 14.1. The van der Waals surface area contributed by atoms with Gasteiger partial charge in [0.05, 0.1) is 0 Å². The number of alkyl halides is 3. The van der Waals surface area contributed by atoms with Crippen LogP contribution in [0.2, 0.25) is 0 Å². The SMILES string of the molecule is O=C(O[C@@H]1CC[C@@H](N(Cc2ccccc2)Cc2ccccc2)[C@H]1O)C(Cl)(Cl)Cl. The zero-order chi connectivity index (χ0) is 20.1. The van der Waals surface area contributed by atoms with E-state index in [0.717, 1.165) is 11.1 Å². The molecule has 7 heteroatoms. The zero-order valence-electron chi connectivity index (χ0n) is 15.2. The summed E-state index contributed by atoms with van der Waals surface area (Å²) < 4.78 is 3.11. The number of halogens is 3. The molecule has 1 saturated carbocycles. The Morgan fingerprint density at radius 1 is 0.964 bits per heavy atom. The van der Waals surface area contributed by atoms with Crippen LogP contribution in [0, 0.1) is 0 Å². The fourth-order valence-corrected chi connectivity index (χ4v) is 3.72. The molecule has 3 rings (SSSR count). The third kappa shape index (κ3) is 5.62. The van der Waals surface area contributed by atoms with Crippen LogP contribution in [0.3, 0.4) is 0 Å². The van der Waals surface area contributed by atoms with E-state index < -0.39 is 22.0 Å². The molecular formula is C21H22Cl3NO3. The maximum atomic E-state index is 11.9. The van der Waals surface area contributed by atoms with Crippen molar-refractivity contribution in [3.8, 4) is 0 Å². The zero-order valence-corrected chi connectivity index (χ0v) is 17.4. The Morgan fingerprint density at radius 2 is 1.46 bits per heavy atom. The Hall–Kier alpha value is -1.30. The molecule has 0 heterocycles. The fourth-order valence-electron chi connectivity index (χ4n) is 3.58. The number of aliphatic hydroxyl groups excluding tert-OH is 1. The van der Waals surface area contributed by atoms with Gasteiger partial charge < -0.3 is 9.84 Å². The van der Waals surface area contributed by atoms with Crippen LogP contribution in [0.4, 0.5) is 0 Å². The number of hydrogen-bond acceptors (Lipinski definition) is 4. The van der Waals surface area contributed by atoms with Gasteiger partial charge in [0.25, 0.3) is 3.79 Å². The molecule has 1 aliphatic rings. The van der Waals surface area contributed by atoms with E-state index in [-0.39, 0.29) is 6.04 Å². The van der Waals surface area contributed by atoms with Gasteiger partial charge in [0.2, 0.25) is 0 Å². The van der Waals surface area contributed by atoms with E-state index in [0.29, 0.717) is 25.9 Å². The van der Waals surface area contributed by atoms with E-state index in [1.807, 2.05) is 36.4 Å². The molecule has 0 saturated heterocycles. The van der Waals surface area contributed by atoms with Crippen LogP contribution in [0.15, 0.2) is 60.7 Å². The first-order valence-electron chi connectivity index (χ1n) is 9.12. The predicted molar refractivity (Wildman–Crippen MR) is 111 cm³/mol. The molecule has 0 aromatic heterocycles. The number of benzene rings is 2. The molecule has 2 aromatic rings. The van der Waals surface area contributed by atoms with Gasteiger partial charge in [-0.3, -0.25) is 4.90 Å². The highest BCUT2D eigenvalue weighted by Crippen LogP contribution is 2.33. The number of esters is 1. The van der Waals surface area contributed by atoms with Crippen LogP contribution < -0.4 is 0 Å². The highest BCUT2D eigenvalue weighted by atomic mass is 35.6. The van der Waals surface area contributed by atoms with Crippen LogP contribution in [-0.2, 0) is 22.6 Å². The minimum atomic E-state index is -2.15. The Balaban J connectivity index is 1.75. The second-order valence-corrected chi connectivity index (χ2v) is 9.23. The lowest BCUT2D eigenvalue weighted by molar-refractivity contribution is -0.153. The normalized spacial score (nSPS) is 22.4. The molecule has 0 radical (unpaired) electrons. The van der Waals surface area contributed by atoms with Crippen LogP contribution in [0.5, 0.6) is 0 Å². The van der Waals surface area contributed by atoms with Crippen molar-refractivity contribution in [2.75, 3.05) is 0 Å². The molecule has 0 aliphatic heterocycles. The van der Waals surface area contributed by atoms with Gasteiger partial charge in [-0.2, -0.15) is 0 Å². The minimum absolute atomic E-state index is 0.173. The Labute approximate surface area is 180 Å². The van der Waals surface area contributed by atoms with E-state index in [1.54, 1.807) is 0 Å². The molecule has 150 valence electrons. The summed E-state index contributed by atoms with van der Waals surface area (Å²) in [7, 11) is 0. The largest absolute Gasteiger partial charge is 0.456 e. The first kappa shape index (κ1) is 21.4. The number of aliphatic hydroxyl groups is 1. The van der Waals surface area contributed by atoms with Crippen LogP contribution in [0.1, 0.15) is 24.0 Å². The third-order valence-corrected chi connectivity index (χ3v) is 5.40. The number of carbonyl (C=O) groups is 1. The number of rotatable bonds is 6. The van der Waals surface area contributed by atoms with Crippen molar-refractivity contribution in [2.45, 2.75) is 48.0 Å². The first-order chi connectivity index (χ1) is 13.3. The molecule has 1 fully saturated rings. The number of carbonyl (C=O) groups excluding carboxylic acids is 1. The van der Waals surface area contributed by atoms with E-state index in [1.165, 1.54) is 0 Å². The van der Waals surface area contributed by atoms with E-state index >= 15 is 0 Å². The Morgan fingerprint density at radius 3 is 1.93 bits per heavy atom. The molecule has 0 unspecified atom stereocenters. The van der Waals surface area contributed by atoms with Gasteiger partial charge in [0.1, 0.15) is 12.2 Å². The molecule has 2 aromatic carbocycles. The molecule has 1 aliphatic carbocycles. The van der Waals surface area contributed by atoms with Crippen LogP contribution in [-0.4, -0.2) is 38.0 Å². The lowest BCUT2D eigenvalue weighted by Gasteiger charge is -2.32. The smallest absolute Gasteiger partial charge is 0.358 e. The molecule has 0 amide bonds. The highest BCUT2D eigenvalue weighted by molar-refractivity contribution is 6.75. The molecule has 0 bridgehead atoms. The summed E-state index contributed by atoms with van der Waals surface area (Å²) in [6, 6.07) is 20.0. The first-order valence-corrected chi connectivity index (χ1v) is 10.3. The van der Waals surface area contributed by atoms with Crippen LogP contribution in [0.25, 0.3) is 0 Å². The van der Waals surface area contributed by atoms with E-state index in [9.17, 15) is 9.90 Å². The van der Waals surface area contributed by atoms with E-state index in [2.05, 4.69) is 29.2 Å². The van der Waals surface area contributed by atoms with Crippen molar-refractivity contribution in [1.29, 1.82) is 0 Å². The standard InChI is InChI=1S/C21H22Cl3NO3/c22-21(23,24)20(27)28-18-12-11-17(19(18)26)25(13-15-7-3-1-4-8-15)14-16-9-5-2-6-10-16/h1-10,17-19,26H,11-14H2/t17-,18-,19-/m1/s1.